The summed E-state index contributed by atoms with van der Waals surface area (Å²) in [6, 6.07) is 7.35. The molecule has 0 unspecified atom stereocenters. The van der Waals surface area contributed by atoms with E-state index >= 15 is 0 Å². The van der Waals surface area contributed by atoms with Crippen molar-refractivity contribution in [1.82, 2.24) is 9.97 Å². The van der Waals surface area contributed by atoms with Gasteiger partial charge in [-0.05, 0) is 12.1 Å². The van der Waals surface area contributed by atoms with Crippen molar-refractivity contribution in [1.29, 1.82) is 5.26 Å². The van der Waals surface area contributed by atoms with E-state index in [4.69, 9.17) is 10.00 Å². The molecule has 68 valence electrons. The van der Waals surface area contributed by atoms with E-state index in [2.05, 4.69) is 16.0 Å². The Kier molecular flexibility index (Phi) is 1.99. The lowest BCUT2D eigenvalue weighted by Gasteiger charge is -2.00. The zero-order chi connectivity index (χ0) is 9.97. The average molecular weight is 185 g/mol. The molecule has 0 spiro atoms. The normalized spacial score (nSPS) is 9.71. The van der Waals surface area contributed by atoms with Crippen LogP contribution in [0.2, 0.25) is 0 Å². The van der Waals surface area contributed by atoms with Crippen LogP contribution in [0.25, 0.3) is 11.0 Å². The largest absolute Gasteiger partial charge is 0.480 e. The van der Waals surface area contributed by atoms with Crippen LogP contribution in [-0.4, -0.2) is 17.1 Å². The SMILES string of the molecule is COc1cnc2c(C#N)cccc2n1. The van der Waals surface area contributed by atoms with Gasteiger partial charge in [0.25, 0.3) is 0 Å². The lowest BCUT2D eigenvalue weighted by Crippen LogP contribution is -1.91. The Hall–Kier alpha value is -2.15. The summed E-state index contributed by atoms with van der Waals surface area (Å²) < 4.78 is 4.94. The summed E-state index contributed by atoms with van der Waals surface area (Å²) >= 11 is 0. The Balaban J connectivity index is 2.75. The number of benzene rings is 1. The predicted molar refractivity (Wildman–Crippen MR) is 50.8 cm³/mol. The Morgan fingerprint density at radius 1 is 1.43 bits per heavy atom. The minimum atomic E-state index is 0.451. The fourth-order valence-corrected chi connectivity index (χ4v) is 1.21. The second-order valence-electron chi connectivity index (χ2n) is 2.70. The molecule has 0 bridgehead atoms. The Morgan fingerprint density at radius 2 is 2.29 bits per heavy atom. The average Bonchev–Trinajstić information content (AvgIpc) is 2.27. The monoisotopic (exact) mass is 185 g/mol. The molecule has 0 saturated heterocycles. The number of hydrogen-bond donors (Lipinski definition) is 0. The van der Waals surface area contributed by atoms with Crippen LogP contribution in [0.15, 0.2) is 24.4 Å². The first-order chi connectivity index (χ1) is 6.85. The van der Waals surface area contributed by atoms with Crippen molar-refractivity contribution < 1.29 is 4.74 Å². The van der Waals surface area contributed by atoms with Gasteiger partial charge in [-0.2, -0.15) is 5.26 Å². The van der Waals surface area contributed by atoms with E-state index in [0.29, 0.717) is 22.5 Å². The number of para-hydroxylation sites is 1. The first kappa shape index (κ1) is 8.45. The molecule has 0 amide bonds. The molecule has 14 heavy (non-hydrogen) atoms. The van der Waals surface area contributed by atoms with Crippen LogP contribution in [0.1, 0.15) is 5.56 Å². The van der Waals surface area contributed by atoms with Gasteiger partial charge in [0.2, 0.25) is 5.88 Å². The minimum Gasteiger partial charge on any atom is -0.480 e. The van der Waals surface area contributed by atoms with Gasteiger partial charge in [-0.25, -0.2) is 9.97 Å². The molecule has 0 aliphatic rings. The molecule has 0 fully saturated rings. The van der Waals surface area contributed by atoms with Crippen molar-refractivity contribution in [3.05, 3.63) is 30.0 Å². The molecule has 2 aromatic rings. The lowest BCUT2D eigenvalue weighted by atomic mass is 10.2. The Bertz CT molecular complexity index is 516. The van der Waals surface area contributed by atoms with Gasteiger partial charge in [0.1, 0.15) is 11.6 Å². The third-order valence-electron chi connectivity index (χ3n) is 1.88. The first-order valence-corrected chi connectivity index (χ1v) is 4.05. The van der Waals surface area contributed by atoms with Crippen LogP contribution in [0.4, 0.5) is 0 Å². The zero-order valence-corrected chi connectivity index (χ0v) is 7.56. The van der Waals surface area contributed by atoms with E-state index < -0.39 is 0 Å². The van der Waals surface area contributed by atoms with E-state index in [0.717, 1.165) is 0 Å². The number of hydrogen-bond acceptors (Lipinski definition) is 4. The highest BCUT2D eigenvalue weighted by Crippen LogP contribution is 2.16. The second kappa shape index (κ2) is 3.30. The van der Waals surface area contributed by atoms with Gasteiger partial charge in [0.05, 0.1) is 24.4 Å². The summed E-state index contributed by atoms with van der Waals surface area (Å²) in [6.45, 7) is 0. The highest BCUT2D eigenvalue weighted by Gasteiger charge is 2.03. The third kappa shape index (κ3) is 1.25. The van der Waals surface area contributed by atoms with Crippen LogP contribution in [0, 0.1) is 11.3 Å². The summed E-state index contributed by atoms with van der Waals surface area (Å²) in [5, 5.41) is 8.81. The molecule has 2 rings (SSSR count). The van der Waals surface area contributed by atoms with Crippen LogP contribution in [-0.2, 0) is 0 Å². The molecule has 0 N–H and O–H groups in total. The molecule has 1 aromatic carbocycles. The van der Waals surface area contributed by atoms with Gasteiger partial charge in [-0.1, -0.05) is 6.07 Å². The van der Waals surface area contributed by atoms with E-state index in [1.54, 1.807) is 18.2 Å². The van der Waals surface area contributed by atoms with Crippen LogP contribution < -0.4 is 4.74 Å². The molecule has 0 aliphatic carbocycles. The molecule has 0 atom stereocenters. The summed E-state index contributed by atoms with van der Waals surface area (Å²) in [6.07, 6.45) is 1.50. The van der Waals surface area contributed by atoms with Gasteiger partial charge in [-0.3, -0.25) is 0 Å². The van der Waals surface area contributed by atoms with Crippen molar-refractivity contribution in [2.45, 2.75) is 0 Å². The number of methoxy groups -OCH3 is 1. The van der Waals surface area contributed by atoms with Crippen molar-refractivity contribution in [3.63, 3.8) is 0 Å². The number of ether oxygens (including phenoxy) is 1. The van der Waals surface area contributed by atoms with Gasteiger partial charge in [-0.15, -0.1) is 0 Å². The molecule has 1 aromatic heterocycles. The van der Waals surface area contributed by atoms with E-state index in [1.165, 1.54) is 13.3 Å². The maximum absolute atomic E-state index is 8.81. The number of aromatic nitrogens is 2. The molecule has 4 nitrogen and oxygen atoms in total. The van der Waals surface area contributed by atoms with Gasteiger partial charge >= 0.3 is 0 Å². The molecule has 0 saturated carbocycles. The first-order valence-electron chi connectivity index (χ1n) is 4.05. The Morgan fingerprint density at radius 3 is 3.00 bits per heavy atom. The van der Waals surface area contributed by atoms with Crippen LogP contribution in [0.5, 0.6) is 5.88 Å². The minimum absolute atomic E-state index is 0.451. The van der Waals surface area contributed by atoms with E-state index in [9.17, 15) is 0 Å². The number of nitrogens with zero attached hydrogens (tertiary/aromatic N) is 3. The summed E-state index contributed by atoms with van der Waals surface area (Å²) in [5.74, 6) is 0.451. The van der Waals surface area contributed by atoms with Gasteiger partial charge in [0.15, 0.2) is 0 Å². The predicted octanol–water partition coefficient (Wildman–Crippen LogP) is 1.51. The van der Waals surface area contributed by atoms with Crippen molar-refractivity contribution in [2.24, 2.45) is 0 Å². The summed E-state index contributed by atoms with van der Waals surface area (Å²) in [4.78, 5) is 8.28. The topological polar surface area (TPSA) is 58.8 Å². The molecular weight excluding hydrogens is 178 g/mol. The molecule has 4 heteroatoms. The van der Waals surface area contributed by atoms with Gasteiger partial charge in [0, 0.05) is 0 Å². The van der Waals surface area contributed by atoms with Gasteiger partial charge < -0.3 is 4.74 Å². The number of rotatable bonds is 1. The third-order valence-corrected chi connectivity index (χ3v) is 1.88. The van der Waals surface area contributed by atoms with Crippen molar-refractivity contribution >= 4 is 11.0 Å². The molecule has 0 aliphatic heterocycles. The molecule has 1 heterocycles. The van der Waals surface area contributed by atoms with Crippen molar-refractivity contribution in [2.75, 3.05) is 7.11 Å². The Labute approximate surface area is 80.8 Å². The quantitative estimate of drug-likeness (QED) is 0.675. The fraction of sp³-hybridized carbons (Fsp3) is 0.100. The van der Waals surface area contributed by atoms with E-state index in [-0.39, 0.29) is 0 Å². The van der Waals surface area contributed by atoms with Crippen molar-refractivity contribution in [3.8, 4) is 11.9 Å². The van der Waals surface area contributed by atoms with Crippen LogP contribution in [0.3, 0.4) is 0 Å². The smallest absolute Gasteiger partial charge is 0.232 e. The maximum atomic E-state index is 8.81. The number of nitriles is 1. The zero-order valence-electron chi connectivity index (χ0n) is 7.56. The molecule has 0 radical (unpaired) electrons. The maximum Gasteiger partial charge on any atom is 0.232 e. The fourth-order valence-electron chi connectivity index (χ4n) is 1.21. The standard InChI is InChI=1S/C10H7N3O/c1-14-9-6-12-10-7(5-11)3-2-4-8(10)13-9/h2-4,6H,1H3. The van der Waals surface area contributed by atoms with E-state index in [1.807, 2.05) is 0 Å². The highest BCUT2D eigenvalue weighted by molar-refractivity contribution is 5.80. The second-order valence-corrected chi connectivity index (χ2v) is 2.70. The van der Waals surface area contributed by atoms with Crippen LogP contribution >= 0.6 is 0 Å². The number of fused-ring (bicyclic) bond motifs is 1. The summed E-state index contributed by atoms with van der Waals surface area (Å²) in [5.41, 5.74) is 1.80. The summed E-state index contributed by atoms with van der Waals surface area (Å²) in [7, 11) is 1.53. The lowest BCUT2D eigenvalue weighted by molar-refractivity contribution is 0.397. The highest BCUT2D eigenvalue weighted by atomic mass is 16.5. The molecular formula is C10H7N3O.